The van der Waals surface area contributed by atoms with Crippen LogP contribution < -0.4 is 10.2 Å². The average molecular weight is 428 g/mol. The summed E-state index contributed by atoms with van der Waals surface area (Å²) in [5.41, 5.74) is 2.12. The van der Waals surface area contributed by atoms with Crippen LogP contribution in [0.25, 0.3) is 0 Å². The quantitative estimate of drug-likeness (QED) is 0.724. The molecule has 7 heteroatoms. The molecular weight excluding hydrogens is 398 g/mol. The predicted molar refractivity (Wildman–Crippen MR) is 121 cm³/mol. The molecule has 1 amide bonds. The highest BCUT2D eigenvalue weighted by molar-refractivity contribution is 7.90. The average Bonchev–Trinajstić information content (AvgIpc) is 2.69. The van der Waals surface area contributed by atoms with Gasteiger partial charge in [-0.1, -0.05) is 44.2 Å². The summed E-state index contributed by atoms with van der Waals surface area (Å²) in [4.78, 5) is 14.7. The summed E-state index contributed by atoms with van der Waals surface area (Å²) >= 11 is 0. The number of hydrogen-bond acceptors (Lipinski definition) is 4. The fourth-order valence-electron chi connectivity index (χ4n) is 3.53. The molecule has 0 unspecified atom stereocenters. The summed E-state index contributed by atoms with van der Waals surface area (Å²) < 4.78 is 29.1. The summed E-state index contributed by atoms with van der Waals surface area (Å²) in [6.07, 6.45) is 1.66. The van der Waals surface area contributed by atoms with Crippen molar-refractivity contribution in [1.29, 1.82) is 0 Å². The number of benzene rings is 2. The lowest BCUT2D eigenvalue weighted by Crippen LogP contribution is -2.37. The van der Waals surface area contributed by atoms with E-state index in [1.807, 2.05) is 30.0 Å². The number of anilines is 1. The fourth-order valence-corrected chi connectivity index (χ4v) is 4.80. The summed E-state index contributed by atoms with van der Waals surface area (Å²) in [5.74, 6) is 0.496. The Hall–Kier alpha value is -2.67. The Morgan fingerprint density at radius 1 is 1.10 bits per heavy atom. The number of rotatable bonds is 7. The molecular formula is C23H29N3O3S. The van der Waals surface area contributed by atoms with E-state index in [9.17, 15) is 13.2 Å². The second kappa shape index (κ2) is 9.00. The number of nitrogens with zero attached hydrogens (tertiary/aromatic N) is 2. The van der Waals surface area contributed by atoms with Gasteiger partial charge in [0.25, 0.3) is 15.9 Å². The van der Waals surface area contributed by atoms with Crippen LogP contribution in [0.2, 0.25) is 0 Å². The van der Waals surface area contributed by atoms with Crippen molar-refractivity contribution in [2.45, 2.75) is 51.5 Å². The summed E-state index contributed by atoms with van der Waals surface area (Å²) in [6, 6.07) is 14.9. The summed E-state index contributed by atoms with van der Waals surface area (Å²) in [7, 11) is -3.82. The van der Waals surface area contributed by atoms with Crippen LogP contribution in [0, 0.1) is 5.92 Å². The maximum absolute atomic E-state index is 12.7. The Bertz CT molecular complexity index is 1050. The number of hydrogen-bond donors (Lipinski definition) is 1. The normalized spacial score (nSPS) is 16.0. The Morgan fingerprint density at radius 3 is 2.47 bits per heavy atom. The van der Waals surface area contributed by atoms with Gasteiger partial charge in [-0.3, -0.25) is 4.79 Å². The minimum atomic E-state index is -3.82. The zero-order valence-corrected chi connectivity index (χ0v) is 18.7. The maximum atomic E-state index is 12.7. The smallest absolute Gasteiger partial charge is 0.286 e. The molecule has 2 aromatic rings. The highest BCUT2D eigenvalue weighted by atomic mass is 32.2. The van der Waals surface area contributed by atoms with Crippen LogP contribution >= 0.6 is 0 Å². The minimum absolute atomic E-state index is 0.0388. The molecule has 6 nitrogen and oxygen atoms in total. The molecule has 0 fully saturated rings. The van der Waals surface area contributed by atoms with Crippen LogP contribution in [0.1, 0.15) is 50.0 Å². The van der Waals surface area contributed by atoms with Gasteiger partial charge in [-0.25, -0.2) is 0 Å². The van der Waals surface area contributed by atoms with Gasteiger partial charge in [0.2, 0.25) is 0 Å². The first-order chi connectivity index (χ1) is 14.2. The van der Waals surface area contributed by atoms with E-state index in [4.69, 9.17) is 0 Å². The largest absolute Gasteiger partial charge is 0.350 e. The molecule has 0 aromatic heterocycles. The molecule has 0 radical (unpaired) electrons. The van der Waals surface area contributed by atoms with Gasteiger partial charge in [0.05, 0.1) is 5.69 Å². The number of sulfonamides is 1. The van der Waals surface area contributed by atoms with E-state index in [0.717, 1.165) is 12.8 Å². The van der Waals surface area contributed by atoms with Gasteiger partial charge in [-0.15, -0.1) is 4.40 Å². The Balaban J connectivity index is 1.76. The van der Waals surface area contributed by atoms with Crippen LogP contribution in [0.4, 0.5) is 5.69 Å². The monoisotopic (exact) mass is 427 g/mol. The van der Waals surface area contributed by atoms with Gasteiger partial charge in [-0.05, 0) is 56.4 Å². The van der Waals surface area contributed by atoms with Gasteiger partial charge in [0.1, 0.15) is 10.7 Å². The van der Waals surface area contributed by atoms with E-state index in [0.29, 0.717) is 29.5 Å². The van der Waals surface area contributed by atoms with Gasteiger partial charge >= 0.3 is 0 Å². The molecule has 0 saturated heterocycles. The third-order valence-corrected chi connectivity index (χ3v) is 6.46. The highest BCUT2D eigenvalue weighted by Gasteiger charge is 2.30. The van der Waals surface area contributed by atoms with Crippen molar-refractivity contribution >= 4 is 27.5 Å². The second-order valence-corrected chi connectivity index (χ2v) is 9.77. The minimum Gasteiger partial charge on any atom is -0.350 e. The highest BCUT2D eigenvalue weighted by Crippen LogP contribution is 2.33. The van der Waals surface area contributed by atoms with Crippen molar-refractivity contribution in [2.24, 2.45) is 10.3 Å². The number of carbonyl (C=O) groups is 1. The third kappa shape index (κ3) is 5.08. The molecule has 1 atom stereocenters. The van der Waals surface area contributed by atoms with E-state index in [1.54, 1.807) is 19.1 Å². The van der Waals surface area contributed by atoms with Crippen molar-refractivity contribution in [2.75, 3.05) is 11.4 Å². The molecule has 0 spiro atoms. The van der Waals surface area contributed by atoms with Gasteiger partial charge in [-0.2, -0.15) is 8.42 Å². The summed E-state index contributed by atoms with van der Waals surface area (Å²) in [5, 5.41) is 2.97. The Labute approximate surface area is 179 Å². The number of aryl methyl sites for hydroxylation is 1. The van der Waals surface area contributed by atoms with Crippen molar-refractivity contribution in [3.63, 3.8) is 0 Å². The molecule has 2 aromatic carbocycles. The first-order valence-corrected chi connectivity index (χ1v) is 11.7. The Morgan fingerprint density at radius 2 is 1.80 bits per heavy atom. The predicted octanol–water partition coefficient (Wildman–Crippen LogP) is 4.02. The zero-order valence-electron chi connectivity index (χ0n) is 17.9. The maximum Gasteiger partial charge on any atom is 0.286 e. The van der Waals surface area contributed by atoms with E-state index in [1.165, 1.54) is 11.6 Å². The third-order valence-electron chi connectivity index (χ3n) is 5.07. The lowest BCUT2D eigenvalue weighted by atomic mass is 10.1. The van der Waals surface area contributed by atoms with Gasteiger partial charge < -0.3 is 10.2 Å². The molecule has 1 heterocycles. The topological polar surface area (TPSA) is 78.8 Å². The summed E-state index contributed by atoms with van der Waals surface area (Å²) in [6.45, 7) is 8.43. The molecule has 3 rings (SSSR count). The van der Waals surface area contributed by atoms with Crippen LogP contribution in [-0.2, 0) is 16.4 Å². The molecule has 1 aliphatic rings. The first-order valence-electron chi connectivity index (χ1n) is 10.3. The molecule has 0 bridgehead atoms. The molecule has 0 saturated carbocycles. The van der Waals surface area contributed by atoms with Crippen LogP contribution in [0.5, 0.6) is 0 Å². The van der Waals surface area contributed by atoms with Crippen molar-refractivity contribution in [3.05, 3.63) is 59.7 Å². The number of amides is 1. The van der Waals surface area contributed by atoms with Crippen molar-refractivity contribution in [3.8, 4) is 0 Å². The molecule has 1 N–H and O–H groups in total. The van der Waals surface area contributed by atoms with Crippen molar-refractivity contribution < 1.29 is 13.2 Å². The first kappa shape index (κ1) is 22.0. The number of carbonyl (C=O) groups excluding carboxylic acids is 1. The standard InChI is InChI=1S/C23H29N3O3S/c1-16(2)15-26-18(4)25-30(28,29)22-14-20(12-13-21(22)26)23(27)24-17(3)10-11-19-8-6-5-7-9-19/h5-9,12-14,16-17H,10-11,15H2,1-4H3,(H,24,27)/t17-/m1/s1. The molecule has 1 aliphatic heterocycles. The lowest BCUT2D eigenvalue weighted by molar-refractivity contribution is 0.0938. The van der Waals surface area contributed by atoms with E-state index in [-0.39, 0.29) is 16.8 Å². The van der Waals surface area contributed by atoms with Gasteiger partial charge in [0, 0.05) is 18.2 Å². The Kier molecular flexibility index (Phi) is 6.61. The van der Waals surface area contributed by atoms with Crippen LogP contribution in [-0.4, -0.2) is 32.7 Å². The lowest BCUT2D eigenvalue weighted by Gasteiger charge is -2.31. The van der Waals surface area contributed by atoms with E-state index in [2.05, 4.69) is 35.7 Å². The molecule has 0 aliphatic carbocycles. The number of nitrogens with one attached hydrogen (secondary N) is 1. The van der Waals surface area contributed by atoms with E-state index < -0.39 is 10.0 Å². The fraction of sp³-hybridized carbons (Fsp3) is 0.391. The second-order valence-electron chi connectivity index (χ2n) is 8.20. The number of amidine groups is 1. The van der Waals surface area contributed by atoms with Crippen molar-refractivity contribution in [1.82, 2.24) is 5.32 Å². The van der Waals surface area contributed by atoms with Crippen LogP contribution in [0.15, 0.2) is 57.8 Å². The van der Waals surface area contributed by atoms with Crippen LogP contribution in [0.3, 0.4) is 0 Å². The molecule has 30 heavy (non-hydrogen) atoms. The van der Waals surface area contributed by atoms with Gasteiger partial charge in [0.15, 0.2) is 0 Å². The molecule has 160 valence electrons. The SMILES string of the molecule is CC1=NS(=O)(=O)c2cc(C(=O)N[C@H](C)CCc3ccccc3)ccc2N1CC(C)C. The van der Waals surface area contributed by atoms with E-state index >= 15 is 0 Å². The zero-order chi connectivity index (χ0) is 21.9. The number of fused-ring (bicyclic) bond motifs is 1.